The second-order valence-electron chi connectivity index (χ2n) is 4.96. The van der Waals surface area contributed by atoms with E-state index in [0.29, 0.717) is 57.1 Å². The fraction of sp³-hybridized carbons (Fsp3) is 0.692. The first-order valence-electron chi connectivity index (χ1n) is 8.29. The van der Waals surface area contributed by atoms with E-state index in [-0.39, 0.29) is 19.8 Å². The van der Waals surface area contributed by atoms with Crippen LogP contribution in [-0.2, 0) is 4.74 Å². The number of nitrogens with one attached hydrogen (secondary N) is 4. The molecule has 0 saturated heterocycles. The zero-order valence-electron chi connectivity index (χ0n) is 14.8. The maximum absolute atomic E-state index is 10.3. The number of amides is 1. The van der Waals surface area contributed by atoms with Gasteiger partial charge in [0, 0.05) is 37.6 Å². The summed E-state index contributed by atoms with van der Waals surface area (Å²) in [4.78, 5) is 25.5. The number of hydrogen-bond acceptors (Lipinski definition) is 10. The number of hydrogen-bond donors (Lipinski definition) is 6. The average molecular weight is 384 g/mol. The van der Waals surface area contributed by atoms with E-state index in [4.69, 9.17) is 20.5 Å². The van der Waals surface area contributed by atoms with Crippen molar-refractivity contribution in [3.8, 4) is 0 Å². The topological polar surface area (TPSA) is 202 Å². The Hall–Kier alpha value is -3.09. The number of ether oxygens (including phenoxy) is 1. The summed E-state index contributed by atoms with van der Waals surface area (Å²) in [5, 5.41) is 31.8. The molecule has 0 aliphatic carbocycles. The third kappa shape index (κ3) is 11.2. The third-order valence-electron chi connectivity index (χ3n) is 2.86. The number of carbonyl (C=O) groups is 1. The number of aliphatic hydroxyl groups excluding tert-OH is 1. The Kier molecular flexibility index (Phi) is 11.5. The normalized spacial score (nSPS) is 9.96. The van der Waals surface area contributed by atoms with Gasteiger partial charge in [0.05, 0.1) is 19.8 Å². The van der Waals surface area contributed by atoms with E-state index < -0.39 is 6.09 Å². The molecule has 27 heavy (non-hydrogen) atoms. The summed E-state index contributed by atoms with van der Waals surface area (Å²) in [5.41, 5.74) is 8.24. The maximum Gasteiger partial charge on any atom is 0.404 e. The lowest BCUT2D eigenvalue weighted by molar-refractivity contribution is 0.141. The first-order chi connectivity index (χ1) is 13.2. The molecular formula is C13H24N10O4. The highest BCUT2D eigenvalue weighted by atomic mass is 16.5. The molecule has 0 radical (unpaired) electrons. The summed E-state index contributed by atoms with van der Waals surface area (Å²) >= 11 is 0. The molecule has 6 N–H and O–H groups in total. The van der Waals surface area contributed by atoms with Crippen LogP contribution in [0.3, 0.4) is 0 Å². The number of azide groups is 1. The second-order valence-corrected chi connectivity index (χ2v) is 4.96. The molecule has 0 bridgehead atoms. The number of rotatable bonds is 15. The Bertz CT molecular complexity index is 611. The van der Waals surface area contributed by atoms with Crippen molar-refractivity contribution in [2.45, 2.75) is 6.42 Å². The minimum atomic E-state index is -1.09. The van der Waals surface area contributed by atoms with Crippen molar-refractivity contribution in [2.75, 3.05) is 68.5 Å². The van der Waals surface area contributed by atoms with Crippen LogP contribution in [0.2, 0.25) is 0 Å². The van der Waals surface area contributed by atoms with Crippen molar-refractivity contribution >= 4 is 23.9 Å². The summed E-state index contributed by atoms with van der Waals surface area (Å²) < 4.78 is 5.27. The highest BCUT2D eigenvalue weighted by molar-refractivity contribution is 5.64. The van der Waals surface area contributed by atoms with Crippen LogP contribution in [0.4, 0.5) is 22.6 Å². The van der Waals surface area contributed by atoms with Crippen LogP contribution in [0.15, 0.2) is 5.11 Å². The lowest BCUT2D eigenvalue weighted by Gasteiger charge is -2.11. The fourth-order valence-corrected chi connectivity index (χ4v) is 1.74. The van der Waals surface area contributed by atoms with Crippen LogP contribution >= 0.6 is 0 Å². The zero-order chi connectivity index (χ0) is 19.7. The second kappa shape index (κ2) is 14.1. The van der Waals surface area contributed by atoms with Crippen molar-refractivity contribution in [3.63, 3.8) is 0 Å². The van der Waals surface area contributed by atoms with Gasteiger partial charge in [0.1, 0.15) is 0 Å². The van der Waals surface area contributed by atoms with Gasteiger partial charge < -0.3 is 36.2 Å². The molecule has 1 aromatic heterocycles. The average Bonchev–Trinajstić information content (AvgIpc) is 2.65. The highest BCUT2D eigenvalue weighted by Crippen LogP contribution is 2.09. The molecule has 0 atom stereocenters. The van der Waals surface area contributed by atoms with Gasteiger partial charge in [0.2, 0.25) is 17.8 Å². The van der Waals surface area contributed by atoms with Gasteiger partial charge in [-0.25, -0.2) is 4.79 Å². The first-order valence-corrected chi connectivity index (χ1v) is 8.29. The van der Waals surface area contributed by atoms with Crippen molar-refractivity contribution in [1.29, 1.82) is 0 Å². The smallest absolute Gasteiger partial charge is 0.404 e. The van der Waals surface area contributed by atoms with Gasteiger partial charge in [-0.1, -0.05) is 5.11 Å². The summed E-state index contributed by atoms with van der Waals surface area (Å²) in [6, 6.07) is 0. The Morgan fingerprint density at radius 2 is 1.63 bits per heavy atom. The molecule has 0 aliphatic rings. The van der Waals surface area contributed by atoms with Crippen LogP contribution < -0.4 is 21.3 Å². The molecule has 0 spiro atoms. The fourth-order valence-electron chi connectivity index (χ4n) is 1.74. The molecule has 0 saturated carbocycles. The molecular weight excluding hydrogens is 360 g/mol. The summed E-state index contributed by atoms with van der Waals surface area (Å²) in [5.74, 6) is 0.946. The minimum absolute atomic E-state index is 0.0679. The number of aliphatic hydroxyl groups is 1. The van der Waals surface area contributed by atoms with Crippen LogP contribution in [0, 0.1) is 0 Å². The Morgan fingerprint density at radius 3 is 2.22 bits per heavy atom. The van der Waals surface area contributed by atoms with E-state index in [1.165, 1.54) is 0 Å². The molecule has 14 heteroatoms. The van der Waals surface area contributed by atoms with Crippen molar-refractivity contribution in [1.82, 2.24) is 20.3 Å². The Balaban J connectivity index is 2.46. The van der Waals surface area contributed by atoms with Crippen molar-refractivity contribution in [3.05, 3.63) is 10.4 Å². The summed E-state index contributed by atoms with van der Waals surface area (Å²) in [6.07, 6.45) is -0.472. The highest BCUT2D eigenvalue weighted by Gasteiger charge is 2.06. The largest absolute Gasteiger partial charge is 0.465 e. The Morgan fingerprint density at radius 1 is 1.04 bits per heavy atom. The lowest BCUT2D eigenvalue weighted by Crippen LogP contribution is -2.26. The quantitative estimate of drug-likeness (QED) is 0.104. The van der Waals surface area contributed by atoms with Gasteiger partial charge in [0.25, 0.3) is 0 Å². The number of anilines is 3. The van der Waals surface area contributed by atoms with Crippen LogP contribution in [0.5, 0.6) is 0 Å². The van der Waals surface area contributed by atoms with Crippen LogP contribution in [-0.4, -0.2) is 83.8 Å². The Labute approximate surface area is 155 Å². The molecule has 0 aromatic carbocycles. The van der Waals surface area contributed by atoms with Gasteiger partial charge in [0.15, 0.2) is 0 Å². The van der Waals surface area contributed by atoms with Gasteiger partial charge in [-0.3, -0.25) is 0 Å². The number of carboxylic acid groups (broad SMARTS) is 1. The van der Waals surface area contributed by atoms with E-state index in [0.717, 1.165) is 0 Å². The molecule has 1 amide bonds. The molecule has 0 fully saturated rings. The van der Waals surface area contributed by atoms with Crippen molar-refractivity contribution < 1.29 is 19.7 Å². The maximum atomic E-state index is 10.3. The molecule has 1 aromatic rings. The zero-order valence-corrected chi connectivity index (χ0v) is 14.8. The summed E-state index contributed by atoms with van der Waals surface area (Å²) in [7, 11) is 0. The van der Waals surface area contributed by atoms with Gasteiger partial charge in [-0.2, -0.15) is 15.0 Å². The predicted molar refractivity (Wildman–Crippen MR) is 97.9 cm³/mol. The van der Waals surface area contributed by atoms with Crippen LogP contribution in [0.1, 0.15) is 6.42 Å². The molecule has 1 heterocycles. The van der Waals surface area contributed by atoms with E-state index in [1.54, 1.807) is 0 Å². The number of aromatic nitrogens is 3. The lowest BCUT2D eigenvalue weighted by atomic mass is 10.4. The molecule has 0 unspecified atom stereocenters. The van der Waals surface area contributed by atoms with E-state index in [9.17, 15) is 4.79 Å². The van der Waals surface area contributed by atoms with Gasteiger partial charge in [-0.05, 0) is 12.0 Å². The van der Waals surface area contributed by atoms with E-state index >= 15 is 0 Å². The van der Waals surface area contributed by atoms with Gasteiger partial charge in [-0.15, -0.1) is 0 Å². The number of nitrogens with zero attached hydrogens (tertiary/aromatic N) is 6. The molecule has 150 valence electrons. The molecule has 1 rings (SSSR count). The molecule has 0 aliphatic heterocycles. The third-order valence-corrected chi connectivity index (χ3v) is 2.86. The predicted octanol–water partition coefficient (Wildman–Crippen LogP) is 0.0842. The van der Waals surface area contributed by atoms with E-state index in [1.807, 2.05) is 0 Å². The van der Waals surface area contributed by atoms with Crippen LogP contribution in [0.25, 0.3) is 10.4 Å². The van der Waals surface area contributed by atoms with Crippen molar-refractivity contribution in [2.24, 2.45) is 5.11 Å². The summed E-state index contributed by atoms with van der Waals surface area (Å²) in [6.45, 7) is 2.31. The minimum Gasteiger partial charge on any atom is -0.465 e. The monoisotopic (exact) mass is 384 g/mol. The van der Waals surface area contributed by atoms with Gasteiger partial charge >= 0.3 is 6.09 Å². The standard InChI is InChI=1S/C13H24N10O4/c14-23-19-3-1-2-15-10-20-11(16-4-7-24)22-12(21-10)17-5-8-27-9-6-18-13(25)26/h18,24H,1-9H2,(H,25,26)(H3,15,16,17,20,21,22). The molecule has 14 nitrogen and oxygen atoms in total. The first kappa shape index (κ1) is 22.0. The van der Waals surface area contributed by atoms with E-state index in [2.05, 4.69) is 46.2 Å². The SMILES string of the molecule is [N-]=[N+]=NCCCNc1nc(NCCO)nc(NCCOCCNC(=O)O)n1.